The van der Waals surface area contributed by atoms with Gasteiger partial charge in [0.15, 0.2) is 0 Å². The zero-order valence-corrected chi connectivity index (χ0v) is 15.2. The van der Waals surface area contributed by atoms with Crippen molar-refractivity contribution >= 4 is 17.0 Å². The molecule has 1 aromatic carbocycles. The molecule has 0 bridgehead atoms. The maximum absolute atomic E-state index is 11.0. The molecule has 0 aliphatic rings. The monoisotopic (exact) mass is 331 g/mol. The Morgan fingerprint density at radius 1 is 1.25 bits per heavy atom. The number of aromatic nitrogens is 1. The van der Waals surface area contributed by atoms with Crippen LogP contribution in [-0.4, -0.2) is 42.7 Å². The summed E-state index contributed by atoms with van der Waals surface area (Å²) in [6.07, 6.45) is 2.78. The Morgan fingerprint density at radius 2 is 1.96 bits per heavy atom. The zero-order valence-electron chi connectivity index (χ0n) is 15.2. The van der Waals surface area contributed by atoms with E-state index in [4.69, 9.17) is 0 Å². The molecule has 0 spiro atoms. The van der Waals surface area contributed by atoms with Crippen LogP contribution in [-0.2, 0) is 11.3 Å². The largest absolute Gasteiger partial charge is 0.453 e. The van der Waals surface area contributed by atoms with Crippen molar-refractivity contribution in [2.24, 2.45) is 0 Å². The molecule has 2 rings (SSSR count). The summed E-state index contributed by atoms with van der Waals surface area (Å²) in [7, 11) is 1.37. The maximum Gasteiger partial charge on any atom is 0.406 e. The topological polar surface area (TPSA) is 54.5 Å². The Balaban J connectivity index is 0.000000891. The van der Waals surface area contributed by atoms with Crippen molar-refractivity contribution < 1.29 is 9.53 Å². The summed E-state index contributed by atoms with van der Waals surface area (Å²) < 4.78 is 4.55. The number of para-hydroxylation sites is 1. The number of hydrogen-bond acceptors (Lipinski definition) is 4. The number of carbonyl (C=O) groups excluding carboxylic acids is 1. The molecule has 0 unspecified atom stereocenters. The van der Waals surface area contributed by atoms with Gasteiger partial charge in [-0.3, -0.25) is 9.88 Å². The van der Waals surface area contributed by atoms with Crippen LogP contribution in [0.3, 0.4) is 0 Å². The number of alkyl carbamates (subject to hydrolysis) is 1. The van der Waals surface area contributed by atoms with E-state index in [1.54, 1.807) is 0 Å². The molecule has 0 atom stereocenters. The number of fused-ring (bicyclic) bond motifs is 1. The quantitative estimate of drug-likeness (QED) is 0.874. The van der Waals surface area contributed by atoms with Crippen molar-refractivity contribution in [2.75, 3.05) is 26.7 Å². The molecule has 1 heterocycles. The van der Waals surface area contributed by atoms with Gasteiger partial charge >= 0.3 is 6.09 Å². The van der Waals surface area contributed by atoms with Gasteiger partial charge in [0.25, 0.3) is 0 Å². The fourth-order valence-corrected chi connectivity index (χ4v) is 2.20. The van der Waals surface area contributed by atoms with Crippen molar-refractivity contribution in [2.45, 2.75) is 33.7 Å². The fourth-order valence-electron chi connectivity index (χ4n) is 2.20. The summed E-state index contributed by atoms with van der Waals surface area (Å²) in [6.45, 7) is 9.43. The average Bonchev–Trinajstić information content (AvgIpc) is 2.61. The SMILES string of the molecule is CCC.CCN(CCNC(=O)OC)Cc1cnc2ccccc2c1. The van der Waals surface area contributed by atoms with Crippen LogP contribution in [0, 0.1) is 0 Å². The lowest BCUT2D eigenvalue weighted by Crippen LogP contribution is -2.34. The number of pyridine rings is 1. The molecular formula is C19H29N3O2. The van der Waals surface area contributed by atoms with Crippen LogP contribution in [0.4, 0.5) is 4.79 Å². The molecule has 1 amide bonds. The van der Waals surface area contributed by atoms with E-state index in [2.05, 4.69) is 52.8 Å². The molecule has 0 saturated heterocycles. The maximum atomic E-state index is 11.0. The molecule has 0 aliphatic carbocycles. The van der Waals surface area contributed by atoms with Crippen molar-refractivity contribution in [3.8, 4) is 0 Å². The minimum Gasteiger partial charge on any atom is -0.453 e. The van der Waals surface area contributed by atoms with Crippen LogP contribution in [0.15, 0.2) is 36.5 Å². The van der Waals surface area contributed by atoms with Crippen molar-refractivity contribution in [3.05, 3.63) is 42.1 Å². The number of benzene rings is 1. The van der Waals surface area contributed by atoms with E-state index >= 15 is 0 Å². The van der Waals surface area contributed by atoms with Crippen LogP contribution >= 0.6 is 0 Å². The molecule has 0 aliphatic heterocycles. The van der Waals surface area contributed by atoms with E-state index in [0.29, 0.717) is 6.54 Å². The Labute approximate surface area is 145 Å². The summed E-state index contributed by atoms with van der Waals surface area (Å²) in [5, 5.41) is 3.85. The highest BCUT2D eigenvalue weighted by atomic mass is 16.5. The molecule has 1 aromatic heterocycles. The van der Waals surface area contributed by atoms with Gasteiger partial charge in [-0.2, -0.15) is 0 Å². The van der Waals surface area contributed by atoms with Gasteiger partial charge in [-0.1, -0.05) is 45.4 Å². The van der Waals surface area contributed by atoms with Crippen LogP contribution < -0.4 is 5.32 Å². The summed E-state index contributed by atoms with van der Waals surface area (Å²) in [5.74, 6) is 0. The summed E-state index contributed by atoms with van der Waals surface area (Å²) in [6, 6.07) is 10.3. The molecule has 5 nitrogen and oxygen atoms in total. The summed E-state index contributed by atoms with van der Waals surface area (Å²) >= 11 is 0. The predicted molar refractivity (Wildman–Crippen MR) is 99.1 cm³/mol. The van der Waals surface area contributed by atoms with Crippen LogP contribution in [0.5, 0.6) is 0 Å². The first-order valence-corrected chi connectivity index (χ1v) is 8.52. The zero-order chi connectivity index (χ0) is 17.8. The molecule has 1 N–H and O–H groups in total. The van der Waals surface area contributed by atoms with E-state index in [0.717, 1.165) is 30.5 Å². The Hall–Kier alpha value is -2.14. The minimum absolute atomic E-state index is 0.390. The van der Waals surface area contributed by atoms with Crippen molar-refractivity contribution in [3.63, 3.8) is 0 Å². The van der Waals surface area contributed by atoms with Gasteiger partial charge in [0.05, 0.1) is 12.6 Å². The Bertz CT molecular complexity index is 616. The molecule has 132 valence electrons. The summed E-state index contributed by atoms with van der Waals surface area (Å²) in [5.41, 5.74) is 2.19. The second-order valence-electron chi connectivity index (χ2n) is 5.53. The second-order valence-corrected chi connectivity index (χ2v) is 5.53. The van der Waals surface area contributed by atoms with Crippen LogP contribution in [0.1, 0.15) is 32.8 Å². The highest BCUT2D eigenvalue weighted by molar-refractivity contribution is 5.78. The lowest BCUT2D eigenvalue weighted by molar-refractivity contribution is 0.168. The first kappa shape index (κ1) is 19.9. The predicted octanol–water partition coefficient (Wildman–Crippen LogP) is 3.83. The molecular weight excluding hydrogens is 302 g/mol. The standard InChI is InChI=1S/C16H21N3O2.C3H8/c1-3-19(9-8-17-16(20)21-2)12-13-10-14-6-4-5-7-15(14)18-11-13;1-3-2/h4-7,10-11H,3,8-9,12H2,1-2H3,(H,17,20);3H2,1-2H3. The lowest BCUT2D eigenvalue weighted by Gasteiger charge is -2.20. The number of likely N-dealkylation sites (N-methyl/N-ethyl adjacent to an activating group) is 1. The number of carbonyl (C=O) groups is 1. The molecule has 2 aromatic rings. The Morgan fingerprint density at radius 3 is 2.62 bits per heavy atom. The van der Waals surface area contributed by atoms with Gasteiger partial charge in [-0.25, -0.2) is 4.79 Å². The molecule has 0 radical (unpaired) electrons. The van der Waals surface area contributed by atoms with Crippen LogP contribution in [0.2, 0.25) is 0 Å². The van der Waals surface area contributed by atoms with E-state index in [1.165, 1.54) is 19.1 Å². The average molecular weight is 331 g/mol. The first-order chi connectivity index (χ1) is 11.6. The van der Waals surface area contributed by atoms with Gasteiger partial charge in [0.1, 0.15) is 0 Å². The van der Waals surface area contributed by atoms with Gasteiger partial charge in [0, 0.05) is 31.2 Å². The fraction of sp³-hybridized carbons (Fsp3) is 0.474. The third-order valence-electron chi connectivity index (χ3n) is 3.38. The van der Waals surface area contributed by atoms with E-state index < -0.39 is 6.09 Å². The van der Waals surface area contributed by atoms with Gasteiger partial charge in [0.2, 0.25) is 0 Å². The molecule has 0 fully saturated rings. The number of ether oxygens (including phenoxy) is 1. The third-order valence-corrected chi connectivity index (χ3v) is 3.38. The number of hydrogen-bond donors (Lipinski definition) is 1. The molecule has 0 saturated carbocycles. The summed E-state index contributed by atoms with van der Waals surface area (Å²) in [4.78, 5) is 17.8. The van der Waals surface area contributed by atoms with E-state index in [9.17, 15) is 4.79 Å². The number of nitrogens with zero attached hydrogens (tertiary/aromatic N) is 2. The van der Waals surface area contributed by atoms with Crippen LogP contribution in [0.25, 0.3) is 10.9 Å². The van der Waals surface area contributed by atoms with Crippen molar-refractivity contribution in [1.82, 2.24) is 15.2 Å². The molecule has 24 heavy (non-hydrogen) atoms. The highest BCUT2D eigenvalue weighted by Crippen LogP contribution is 2.13. The number of nitrogens with one attached hydrogen (secondary N) is 1. The number of methoxy groups -OCH3 is 1. The van der Waals surface area contributed by atoms with Gasteiger partial charge in [-0.05, 0) is 24.2 Å². The Kier molecular flexibility index (Phi) is 9.46. The van der Waals surface area contributed by atoms with Gasteiger partial charge in [-0.15, -0.1) is 0 Å². The minimum atomic E-state index is -0.390. The third kappa shape index (κ3) is 6.96. The first-order valence-electron chi connectivity index (χ1n) is 8.52. The normalized spacial score (nSPS) is 10.2. The highest BCUT2D eigenvalue weighted by Gasteiger charge is 2.06. The molecule has 5 heteroatoms. The van der Waals surface area contributed by atoms with Crippen molar-refractivity contribution in [1.29, 1.82) is 0 Å². The van der Waals surface area contributed by atoms with Gasteiger partial charge < -0.3 is 10.1 Å². The lowest BCUT2D eigenvalue weighted by atomic mass is 10.1. The number of amides is 1. The number of rotatable bonds is 6. The second kappa shape index (κ2) is 11.4. The van der Waals surface area contributed by atoms with E-state index in [1.807, 2.05) is 24.4 Å². The van der Waals surface area contributed by atoms with E-state index in [-0.39, 0.29) is 0 Å². The smallest absolute Gasteiger partial charge is 0.406 e.